The molecule has 0 saturated heterocycles. The van der Waals surface area contributed by atoms with E-state index in [1.54, 1.807) is 5.57 Å². The second kappa shape index (κ2) is 7.66. The lowest BCUT2D eigenvalue weighted by Crippen LogP contribution is -2.28. The summed E-state index contributed by atoms with van der Waals surface area (Å²) in [7, 11) is 0. The highest BCUT2D eigenvalue weighted by Gasteiger charge is 2.13. The minimum atomic E-state index is 0.905. The molecule has 2 aromatic carbocycles. The third-order valence-electron chi connectivity index (χ3n) is 5.01. The summed E-state index contributed by atoms with van der Waals surface area (Å²) in [5.74, 6) is 1.07. The van der Waals surface area contributed by atoms with Gasteiger partial charge in [0.25, 0.3) is 0 Å². The minimum absolute atomic E-state index is 0.905. The number of benzene rings is 2. The van der Waals surface area contributed by atoms with Crippen LogP contribution in [0.5, 0.6) is 0 Å². The maximum absolute atomic E-state index is 4.69. The van der Waals surface area contributed by atoms with Gasteiger partial charge < -0.3 is 4.98 Å². The normalized spacial score (nSPS) is 15.4. The molecule has 0 aliphatic carbocycles. The van der Waals surface area contributed by atoms with Crippen LogP contribution in [0.15, 0.2) is 66.2 Å². The number of hydrogen-bond donors (Lipinski definition) is 1. The summed E-state index contributed by atoms with van der Waals surface area (Å²) < 4.78 is 0. The van der Waals surface area contributed by atoms with Crippen LogP contribution in [-0.2, 0) is 13.0 Å². The molecule has 0 radical (unpaired) electrons. The number of para-hydroxylation sites is 2. The number of hydrogen-bond acceptors (Lipinski definition) is 2. The molecule has 1 aliphatic heterocycles. The van der Waals surface area contributed by atoms with Gasteiger partial charge in [-0.05, 0) is 43.4 Å². The van der Waals surface area contributed by atoms with Crippen LogP contribution in [0.25, 0.3) is 11.0 Å². The Balaban J connectivity index is 1.27. The summed E-state index contributed by atoms with van der Waals surface area (Å²) in [5, 5.41) is 0. The summed E-state index contributed by atoms with van der Waals surface area (Å²) in [4.78, 5) is 10.6. The zero-order chi connectivity index (χ0) is 16.9. The van der Waals surface area contributed by atoms with Gasteiger partial charge in [0.15, 0.2) is 0 Å². The first kappa shape index (κ1) is 16.1. The predicted octanol–water partition coefficient (Wildman–Crippen LogP) is 4.72. The van der Waals surface area contributed by atoms with Crippen molar-refractivity contribution >= 4 is 11.0 Å². The van der Waals surface area contributed by atoms with Crippen molar-refractivity contribution in [3.05, 3.63) is 77.6 Å². The molecule has 25 heavy (non-hydrogen) atoms. The van der Waals surface area contributed by atoms with Gasteiger partial charge in [0, 0.05) is 13.1 Å². The molecular formula is C22H25N3. The van der Waals surface area contributed by atoms with Crippen LogP contribution >= 0.6 is 0 Å². The number of imidazole rings is 1. The first-order chi connectivity index (χ1) is 12.4. The van der Waals surface area contributed by atoms with E-state index >= 15 is 0 Å². The van der Waals surface area contributed by atoms with Crippen molar-refractivity contribution in [2.24, 2.45) is 0 Å². The largest absolute Gasteiger partial charge is 0.341 e. The fraction of sp³-hybridized carbons (Fsp3) is 0.318. The monoisotopic (exact) mass is 331 g/mol. The van der Waals surface area contributed by atoms with Gasteiger partial charge in [-0.2, -0.15) is 0 Å². The Kier molecular flexibility index (Phi) is 4.93. The smallest absolute Gasteiger partial charge is 0.121 e. The van der Waals surface area contributed by atoms with Crippen molar-refractivity contribution in [1.29, 1.82) is 0 Å². The van der Waals surface area contributed by atoms with Crippen LogP contribution in [0.4, 0.5) is 0 Å². The summed E-state index contributed by atoms with van der Waals surface area (Å²) in [6, 6.07) is 19.0. The number of nitrogens with zero attached hydrogens (tertiary/aromatic N) is 2. The Morgan fingerprint density at radius 3 is 2.60 bits per heavy atom. The molecule has 0 saturated carbocycles. The third kappa shape index (κ3) is 4.18. The van der Waals surface area contributed by atoms with Crippen molar-refractivity contribution < 1.29 is 0 Å². The van der Waals surface area contributed by atoms with Crippen molar-refractivity contribution in [2.45, 2.75) is 32.2 Å². The molecular weight excluding hydrogens is 306 g/mol. The first-order valence-corrected chi connectivity index (χ1v) is 9.25. The summed E-state index contributed by atoms with van der Waals surface area (Å²) in [5.41, 5.74) is 5.26. The first-order valence-electron chi connectivity index (χ1n) is 9.25. The lowest BCUT2D eigenvalue weighted by molar-refractivity contribution is 0.278. The van der Waals surface area contributed by atoms with E-state index in [0.717, 1.165) is 36.5 Å². The Labute approximate surface area is 149 Å². The third-order valence-corrected chi connectivity index (χ3v) is 5.01. The maximum Gasteiger partial charge on any atom is 0.121 e. The van der Waals surface area contributed by atoms with Gasteiger partial charge in [-0.25, -0.2) is 4.98 Å². The zero-order valence-electron chi connectivity index (χ0n) is 14.6. The van der Waals surface area contributed by atoms with E-state index in [1.165, 1.54) is 31.2 Å². The maximum atomic E-state index is 4.69. The molecule has 3 aromatic rings. The topological polar surface area (TPSA) is 31.9 Å². The molecule has 4 rings (SSSR count). The lowest BCUT2D eigenvalue weighted by Gasteiger charge is -2.25. The highest BCUT2D eigenvalue weighted by atomic mass is 15.1. The van der Waals surface area contributed by atoms with E-state index < -0.39 is 0 Å². The van der Waals surface area contributed by atoms with Gasteiger partial charge in [-0.3, -0.25) is 4.90 Å². The van der Waals surface area contributed by atoms with Gasteiger partial charge in [0.1, 0.15) is 5.82 Å². The average molecular weight is 331 g/mol. The SMILES string of the molecule is C1=C(CCCc2ccccc2)CCN(Cc2nc3ccccc3[nH]2)C1. The van der Waals surface area contributed by atoms with E-state index in [4.69, 9.17) is 4.98 Å². The summed E-state index contributed by atoms with van der Waals surface area (Å²) >= 11 is 0. The molecule has 0 amide bonds. The molecule has 1 N–H and O–H groups in total. The molecule has 128 valence electrons. The van der Waals surface area contributed by atoms with Gasteiger partial charge in [0.2, 0.25) is 0 Å². The van der Waals surface area contributed by atoms with Crippen LogP contribution in [-0.4, -0.2) is 28.0 Å². The Morgan fingerprint density at radius 2 is 1.80 bits per heavy atom. The van der Waals surface area contributed by atoms with Crippen molar-refractivity contribution in [1.82, 2.24) is 14.9 Å². The van der Waals surface area contributed by atoms with Crippen LogP contribution in [0.2, 0.25) is 0 Å². The minimum Gasteiger partial charge on any atom is -0.341 e. The van der Waals surface area contributed by atoms with E-state index in [-0.39, 0.29) is 0 Å². The predicted molar refractivity (Wildman–Crippen MR) is 103 cm³/mol. The number of H-pyrrole nitrogens is 1. The molecule has 2 heterocycles. The zero-order valence-corrected chi connectivity index (χ0v) is 14.6. The van der Waals surface area contributed by atoms with Gasteiger partial charge in [-0.1, -0.05) is 54.1 Å². The van der Waals surface area contributed by atoms with Crippen LogP contribution < -0.4 is 0 Å². The van der Waals surface area contributed by atoms with Gasteiger partial charge in [0.05, 0.1) is 17.6 Å². The number of rotatable bonds is 6. The van der Waals surface area contributed by atoms with E-state index in [2.05, 4.69) is 64.5 Å². The summed E-state index contributed by atoms with van der Waals surface area (Å²) in [6.07, 6.45) is 7.28. The van der Waals surface area contributed by atoms with Crippen LogP contribution in [0, 0.1) is 0 Å². The van der Waals surface area contributed by atoms with Crippen molar-refractivity contribution in [3.8, 4) is 0 Å². The molecule has 0 spiro atoms. The molecule has 0 atom stereocenters. The number of nitrogens with one attached hydrogen (secondary N) is 1. The van der Waals surface area contributed by atoms with Crippen molar-refractivity contribution in [3.63, 3.8) is 0 Å². The molecule has 0 bridgehead atoms. The number of aryl methyl sites for hydroxylation is 1. The molecule has 0 fully saturated rings. The molecule has 0 unspecified atom stereocenters. The van der Waals surface area contributed by atoms with Gasteiger partial charge >= 0.3 is 0 Å². The lowest BCUT2D eigenvalue weighted by atomic mass is 9.99. The second-order valence-electron chi connectivity index (χ2n) is 6.89. The average Bonchev–Trinajstić information content (AvgIpc) is 3.06. The van der Waals surface area contributed by atoms with Crippen LogP contribution in [0.1, 0.15) is 30.7 Å². The molecule has 3 nitrogen and oxygen atoms in total. The highest BCUT2D eigenvalue weighted by molar-refractivity contribution is 5.74. The van der Waals surface area contributed by atoms with E-state index in [1.807, 2.05) is 6.07 Å². The molecule has 3 heteroatoms. The Morgan fingerprint density at radius 1 is 0.960 bits per heavy atom. The summed E-state index contributed by atoms with van der Waals surface area (Å²) in [6.45, 7) is 3.08. The standard InChI is InChI=1S/C22H25N3/c1-2-7-18(8-3-1)9-6-10-19-13-15-25(16-14-19)17-22-23-20-11-4-5-12-21(20)24-22/h1-5,7-8,11-13H,6,9-10,14-17H2,(H,23,24). The van der Waals surface area contributed by atoms with E-state index in [9.17, 15) is 0 Å². The number of aromatic nitrogens is 2. The fourth-order valence-electron chi connectivity index (χ4n) is 3.58. The Hall–Kier alpha value is -2.39. The number of aromatic amines is 1. The second-order valence-corrected chi connectivity index (χ2v) is 6.89. The molecule has 1 aromatic heterocycles. The number of fused-ring (bicyclic) bond motifs is 1. The Bertz CT molecular complexity index is 815. The highest BCUT2D eigenvalue weighted by Crippen LogP contribution is 2.19. The van der Waals surface area contributed by atoms with Crippen molar-refractivity contribution in [2.75, 3.05) is 13.1 Å². The quantitative estimate of drug-likeness (QED) is 0.663. The van der Waals surface area contributed by atoms with Gasteiger partial charge in [-0.15, -0.1) is 0 Å². The fourth-order valence-corrected chi connectivity index (χ4v) is 3.58. The molecule has 1 aliphatic rings. The van der Waals surface area contributed by atoms with Crippen LogP contribution in [0.3, 0.4) is 0 Å². The van der Waals surface area contributed by atoms with E-state index in [0.29, 0.717) is 0 Å².